The Morgan fingerprint density at radius 1 is 1.29 bits per heavy atom. The van der Waals surface area contributed by atoms with Crippen molar-refractivity contribution in [2.24, 2.45) is 5.41 Å². The van der Waals surface area contributed by atoms with Crippen LogP contribution in [0.25, 0.3) is 0 Å². The summed E-state index contributed by atoms with van der Waals surface area (Å²) in [6.07, 6.45) is 1.00. The Hall–Kier alpha value is -0.346. The number of pyridine rings is 1. The maximum Gasteiger partial charge on any atom is 0.161 e. The molecule has 0 saturated carbocycles. The Morgan fingerprint density at radius 2 is 1.90 bits per heavy atom. The van der Waals surface area contributed by atoms with E-state index in [-0.39, 0.29) is 11.7 Å². The van der Waals surface area contributed by atoms with Crippen molar-refractivity contribution in [3.8, 4) is 0 Å². The van der Waals surface area contributed by atoms with Gasteiger partial charge in [-0.25, -0.2) is 4.98 Å². The van der Waals surface area contributed by atoms with Gasteiger partial charge in [0.15, 0.2) is 19.5 Å². The summed E-state index contributed by atoms with van der Waals surface area (Å²) in [7, 11) is -0.907. The second-order valence-corrected chi connectivity index (χ2v) is 8.59. The van der Waals surface area contributed by atoms with Crippen LogP contribution in [0.2, 0.25) is 13.1 Å². The summed E-state index contributed by atoms with van der Waals surface area (Å²) in [5.41, 5.74) is 7.49. The van der Waals surface area contributed by atoms with Crippen LogP contribution in [0.1, 0.15) is 26.0 Å². The molecule has 120 valence electrons. The molecule has 0 saturated heterocycles. The number of nitrogens with zero attached hydrogens (tertiary/aromatic N) is 1. The van der Waals surface area contributed by atoms with Gasteiger partial charge in [-0.05, 0) is 25.5 Å². The van der Waals surface area contributed by atoms with Crippen LogP contribution in [0.3, 0.4) is 0 Å². The first-order valence-electron chi connectivity index (χ1n) is 7.49. The van der Waals surface area contributed by atoms with E-state index < -0.39 is 19.5 Å². The molecule has 0 aliphatic carbocycles. The molecule has 0 aromatic carbocycles. The predicted molar refractivity (Wildman–Crippen MR) is 97.3 cm³/mol. The molecule has 1 aromatic heterocycles. The van der Waals surface area contributed by atoms with E-state index in [0.29, 0.717) is 0 Å². The molecule has 0 amide bonds. The highest BCUT2D eigenvalue weighted by molar-refractivity contribution is 7.99. The van der Waals surface area contributed by atoms with E-state index in [1.165, 1.54) is 0 Å². The van der Waals surface area contributed by atoms with Gasteiger partial charge in [0.1, 0.15) is 6.29 Å². The first-order valence-corrected chi connectivity index (χ1v) is 12.5. The molecule has 21 heavy (non-hydrogen) atoms. The van der Waals surface area contributed by atoms with Gasteiger partial charge in [0.25, 0.3) is 0 Å². The van der Waals surface area contributed by atoms with Crippen LogP contribution in [0.4, 0.5) is 5.69 Å². The second-order valence-electron chi connectivity index (χ2n) is 5.65. The van der Waals surface area contributed by atoms with Gasteiger partial charge in [-0.1, -0.05) is 26.9 Å². The molecule has 0 aliphatic rings. The van der Waals surface area contributed by atoms with Gasteiger partial charge < -0.3 is 14.6 Å². The average Bonchev–Trinajstić information content (AvgIpc) is 2.42. The minimum atomic E-state index is -0.453. The summed E-state index contributed by atoms with van der Waals surface area (Å²) in [4.78, 5) is 4.50. The quantitative estimate of drug-likeness (QED) is 0.422. The lowest BCUT2D eigenvalue weighted by atomic mass is 9.90. The number of nitrogen functional groups attached to an aromatic ring is 1. The first-order chi connectivity index (χ1) is 9.90. The molecule has 7 heteroatoms. The van der Waals surface area contributed by atoms with E-state index in [2.05, 4.69) is 31.9 Å². The first kappa shape index (κ1) is 18.7. The Bertz CT molecular complexity index is 441. The lowest BCUT2D eigenvalue weighted by molar-refractivity contribution is -0.0795. The SMILES string of the molecule is C[SiH2]OC(O[SiH2]C)C(C)(C)CCSc1ccc(N)c(C)n1. The van der Waals surface area contributed by atoms with Crippen LogP contribution in [0.15, 0.2) is 17.2 Å². The smallest absolute Gasteiger partial charge is 0.161 e. The zero-order valence-corrected chi connectivity index (χ0v) is 17.5. The van der Waals surface area contributed by atoms with E-state index in [1.54, 1.807) is 11.8 Å². The zero-order chi connectivity index (χ0) is 15.9. The third-order valence-corrected chi connectivity index (χ3v) is 5.58. The largest absolute Gasteiger partial charge is 0.400 e. The summed E-state index contributed by atoms with van der Waals surface area (Å²) in [5, 5.41) is 1.03. The normalized spacial score (nSPS) is 14.5. The topological polar surface area (TPSA) is 57.4 Å². The van der Waals surface area contributed by atoms with Crippen molar-refractivity contribution in [3.05, 3.63) is 17.8 Å². The Morgan fingerprint density at radius 3 is 2.43 bits per heavy atom. The fourth-order valence-electron chi connectivity index (χ4n) is 1.97. The number of hydrogen-bond donors (Lipinski definition) is 1. The Labute approximate surface area is 137 Å². The Kier molecular flexibility index (Phi) is 7.96. The van der Waals surface area contributed by atoms with Crippen molar-refractivity contribution >= 4 is 37.0 Å². The molecular weight excluding hydrogens is 316 g/mol. The molecule has 0 fully saturated rings. The number of aromatic nitrogens is 1. The highest BCUT2D eigenvalue weighted by Gasteiger charge is 2.29. The summed E-state index contributed by atoms with van der Waals surface area (Å²) in [5.74, 6) is 1.00. The van der Waals surface area contributed by atoms with E-state index in [0.717, 1.165) is 28.6 Å². The van der Waals surface area contributed by atoms with Crippen LogP contribution in [0.5, 0.6) is 0 Å². The van der Waals surface area contributed by atoms with E-state index >= 15 is 0 Å². The maximum absolute atomic E-state index is 5.89. The zero-order valence-electron chi connectivity index (χ0n) is 13.8. The molecule has 0 bridgehead atoms. The van der Waals surface area contributed by atoms with Crippen LogP contribution in [0, 0.1) is 12.3 Å². The van der Waals surface area contributed by atoms with Crippen molar-refractivity contribution in [2.75, 3.05) is 11.5 Å². The molecule has 0 unspecified atom stereocenters. The Balaban J connectivity index is 2.53. The summed E-state index contributed by atoms with van der Waals surface area (Å²) in [6.45, 7) is 10.7. The molecule has 0 radical (unpaired) electrons. The third-order valence-electron chi connectivity index (χ3n) is 3.37. The van der Waals surface area contributed by atoms with E-state index in [1.807, 2.05) is 19.1 Å². The van der Waals surface area contributed by atoms with Crippen LogP contribution in [-0.2, 0) is 8.85 Å². The summed E-state index contributed by atoms with van der Waals surface area (Å²) >= 11 is 1.77. The van der Waals surface area contributed by atoms with Gasteiger partial charge in [-0.3, -0.25) is 0 Å². The highest BCUT2D eigenvalue weighted by Crippen LogP contribution is 2.31. The van der Waals surface area contributed by atoms with E-state index in [9.17, 15) is 0 Å². The summed E-state index contributed by atoms with van der Waals surface area (Å²) in [6, 6.07) is 3.92. The molecule has 4 nitrogen and oxygen atoms in total. The number of thioether (sulfide) groups is 1. The standard InChI is InChI=1S/C14H28N2O2SSi2/c1-10-11(15)6-7-12(16-10)19-9-8-14(2,3)13(17-20-4)18-21-5/h6-7,13H,8-9,15,20-21H2,1-5H3. The van der Waals surface area contributed by atoms with Crippen molar-refractivity contribution in [2.45, 2.75) is 51.6 Å². The summed E-state index contributed by atoms with van der Waals surface area (Å²) < 4.78 is 11.8. The van der Waals surface area contributed by atoms with Gasteiger partial charge in [-0.15, -0.1) is 11.8 Å². The fourth-order valence-corrected chi connectivity index (χ4v) is 5.06. The van der Waals surface area contributed by atoms with Crippen LogP contribution in [-0.4, -0.2) is 36.6 Å². The van der Waals surface area contributed by atoms with Crippen molar-refractivity contribution in [3.63, 3.8) is 0 Å². The third kappa shape index (κ3) is 6.11. The average molecular weight is 345 g/mol. The molecule has 2 N–H and O–H groups in total. The molecule has 0 aliphatic heterocycles. The van der Waals surface area contributed by atoms with Crippen LogP contribution >= 0.6 is 11.8 Å². The van der Waals surface area contributed by atoms with Gasteiger partial charge in [0.05, 0.1) is 16.4 Å². The van der Waals surface area contributed by atoms with Crippen LogP contribution < -0.4 is 5.73 Å². The number of anilines is 1. The monoisotopic (exact) mass is 344 g/mol. The van der Waals surface area contributed by atoms with Gasteiger partial charge in [0, 0.05) is 11.2 Å². The maximum atomic E-state index is 5.89. The van der Waals surface area contributed by atoms with Crippen molar-refractivity contribution in [1.29, 1.82) is 0 Å². The minimum absolute atomic E-state index is 0.0347. The molecule has 1 aromatic rings. The van der Waals surface area contributed by atoms with Crippen molar-refractivity contribution in [1.82, 2.24) is 4.98 Å². The predicted octanol–water partition coefficient (Wildman–Crippen LogP) is 2.10. The number of nitrogens with two attached hydrogens (primary N) is 1. The fraction of sp³-hybridized carbons (Fsp3) is 0.643. The molecule has 1 rings (SSSR count). The highest BCUT2D eigenvalue weighted by atomic mass is 32.2. The minimum Gasteiger partial charge on any atom is -0.400 e. The molecule has 0 spiro atoms. The lowest BCUT2D eigenvalue weighted by Gasteiger charge is -2.34. The van der Waals surface area contributed by atoms with Gasteiger partial charge in [0.2, 0.25) is 0 Å². The molecule has 0 atom stereocenters. The lowest BCUT2D eigenvalue weighted by Crippen LogP contribution is -2.36. The number of rotatable bonds is 9. The van der Waals surface area contributed by atoms with Gasteiger partial charge in [-0.2, -0.15) is 0 Å². The van der Waals surface area contributed by atoms with Crippen molar-refractivity contribution < 1.29 is 8.85 Å². The second kappa shape index (κ2) is 8.94. The molecule has 1 heterocycles. The number of hydrogen-bond acceptors (Lipinski definition) is 5. The molecular formula is C14H28N2O2SSi2. The van der Waals surface area contributed by atoms with Gasteiger partial charge >= 0.3 is 0 Å². The van der Waals surface area contributed by atoms with E-state index in [4.69, 9.17) is 14.6 Å². The number of aryl methyl sites for hydroxylation is 1.